The first-order chi connectivity index (χ1) is 12.8. The predicted molar refractivity (Wildman–Crippen MR) is 98.6 cm³/mol. The van der Waals surface area contributed by atoms with Gasteiger partial charge < -0.3 is 36.6 Å². The number of carboxylic acid groups (broad SMARTS) is 3. The maximum absolute atomic E-state index is 9.87. The third-order valence-corrected chi connectivity index (χ3v) is 1.30. The molecule has 0 aliphatic carbocycles. The van der Waals surface area contributed by atoms with Crippen molar-refractivity contribution in [2.24, 2.45) is 17.4 Å². The van der Waals surface area contributed by atoms with Gasteiger partial charge in [0.15, 0.2) is 0 Å². The van der Waals surface area contributed by atoms with Crippen molar-refractivity contribution in [1.82, 2.24) is 5.06 Å². The zero-order chi connectivity index (χ0) is 23.5. The first kappa shape index (κ1) is 36.5. The molecule has 0 aliphatic rings. The zero-order valence-corrected chi connectivity index (χ0v) is 16.7. The van der Waals surface area contributed by atoms with Gasteiger partial charge in [0.1, 0.15) is 6.61 Å². The summed E-state index contributed by atoms with van der Waals surface area (Å²) in [6, 6.07) is 0. The monoisotopic (exact) mass is 418 g/mol. The standard InChI is InChI=1S/C4H14N4O.C4H8O3.3C2H4O2/c5-1-3-8(9-7)4-2-6;1-4(6)7-3-2-5;3*1-2(3)4/h1-7H2;5H,2-3H2,1H3;3*1H3,(H,3,4). The number of nitrogens with two attached hydrogens (primary N) is 3. The Morgan fingerprint density at radius 3 is 1.21 bits per heavy atom. The van der Waals surface area contributed by atoms with Crippen LogP contribution in [0.25, 0.3) is 0 Å². The lowest BCUT2D eigenvalue weighted by Crippen LogP contribution is -2.36. The smallest absolute Gasteiger partial charge is 0.302 e. The molecule has 0 amide bonds. The zero-order valence-electron chi connectivity index (χ0n) is 16.7. The Kier molecular flexibility index (Phi) is 42.2. The largest absolute Gasteiger partial charge is 0.481 e. The Morgan fingerprint density at radius 2 is 1.11 bits per heavy atom. The first-order valence-corrected chi connectivity index (χ1v) is 7.66. The Balaban J connectivity index is -0.0000000829. The van der Waals surface area contributed by atoms with E-state index in [-0.39, 0.29) is 19.2 Å². The van der Waals surface area contributed by atoms with Crippen LogP contribution in [0, 0.1) is 0 Å². The number of ether oxygens (including phenoxy) is 1. The van der Waals surface area contributed by atoms with Crippen LogP contribution in [0.3, 0.4) is 0 Å². The van der Waals surface area contributed by atoms with Crippen molar-refractivity contribution in [2.75, 3.05) is 39.4 Å². The molecular weight excluding hydrogens is 384 g/mol. The number of aliphatic hydroxyl groups excluding tert-OH is 1. The van der Waals surface area contributed by atoms with E-state index < -0.39 is 17.9 Å². The number of nitrogens with zero attached hydrogens (tertiary/aromatic N) is 1. The molecule has 0 fully saturated rings. The second kappa shape index (κ2) is 32.3. The summed E-state index contributed by atoms with van der Waals surface area (Å²) >= 11 is 0. The summed E-state index contributed by atoms with van der Waals surface area (Å²) in [5.74, 6) is 2.01. The van der Waals surface area contributed by atoms with Crippen LogP contribution in [-0.4, -0.2) is 88.8 Å². The van der Waals surface area contributed by atoms with Gasteiger partial charge in [-0.1, -0.05) is 0 Å². The van der Waals surface area contributed by atoms with Crippen molar-refractivity contribution < 1.29 is 49.3 Å². The van der Waals surface area contributed by atoms with E-state index in [0.29, 0.717) is 26.2 Å². The molecule has 0 atom stereocenters. The highest BCUT2D eigenvalue weighted by Gasteiger charge is 1.98. The fraction of sp³-hybridized carbons (Fsp3) is 0.714. The lowest BCUT2D eigenvalue weighted by Gasteiger charge is -2.15. The van der Waals surface area contributed by atoms with E-state index in [2.05, 4.69) is 9.68 Å². The maximum atomic E-state index is 9.87. The summed E-state index contributed by atoms with van der Waals surface area (Å²) in [5.41, 5.74) is 10.4. The minimum atomic E-state index is -0.833. The fourth-order valence-electron chi connectivity index (χ4n) is 0.695. The molecule has 0 aliphatic heterocycles. The molecule has 0 bridgehead atoms. The van der Waals surface area contributed by atoms with Crippen molar-refractivity contribution >= 4 is 23.9 Å². The Morgan fingerprint density at radius 1 is 0.821 bits per heavy atom. The molecular formula is C14H34N4O10. The average molecular weight is 418 g/mol. The van der Waals surface area contributed by atoms with Gasteiger partial charge in [0, 0.05) is 53.9 Å². The number of carbonyl (C=O) groups is 4. The molecule has 0 heterocycles. The second-order valence-electron chi connectivity index (χ2n) is 4.23. The van der Waals surface area contributed by atoms with Gasteiger partial charge in [-0.05, 0) is 0 Å². The van der Waals surface area contributed by atoms with Crippen LogP contribution in [-0.2, 0) is 28.9 Å². The Labute approximate surface area is 163 Å². The molecule has 0 aromatic rings. The highest BCUT2D eigenvalue weighted by atomic mass is 16.8. The predicted octanol–water partition coefficient (Wildman–Crippen LogP) is -2.17. The van der Waals surface area contributed by atoms with Crippen molar-refractivity contribution in [3.63, 3.8) is 0 Å². The van der Waals surface area contributed by atoms with E-state index in [4.69, 9.17) is 52.2 Å². The van der Waals surface area contributed by atoms with Crippen molar-refractivity contribution in [3.8, 4) is 0 Å². The number of carbonyl (C=O) groups excluding carboxylic acids is 1. The van der Waals surface area contributed by atoms with E-state index in [1.165, 1.54) is 12.0 Å². The molecule has 14 nitrogen and oxygen atoms in total. The maximum Gasteiger partial charge on any atom is 0.302 e. The Bertz CT molecular complexity index is 337. The first-order valence-electron chi connectivity index (χ1n) is 7.66. The van der Waals surface area contributed by atoms with Gasteiger partial charge in [0.2, 0.25) is 0 Å². The molecule has 0 aromatic carbocycles. The van der Waals surface area contributed by atoms with Gasteiger partial charge in [-0.2, -0.15) is 11.0 Å². The molecule has 0 spiro atoms. The molecule has 14 heteroatoms. The second-order valence-corrected chi connectivity index (χ2v) is 4.23. The number of esters is 1. The van der Waals surface area contributed by atoms with E-state index >= 15 is 0 Å². The van der Waals surface area contributed by atoms with Crippen LogP contribution in [0.5, 0.6) is 0 Å². The number of rotatable bonds is 7. The van der Waals surface area contributed by atoms with Crippen LogP contribution in [0.15, 0.2) is 0 Å². The van der Waals surface area contributed by atoms with Gasteiger partial charge in [-0.15, -0.1) is 0 Å². The lowest BCUT2D eigenvalue weighted by molar-refractivity contribution is -0.159. The molecule has 10 N–H and O–H groups in total. The molecule has 170 valence electrons. The number of hydrogen-bond acceptors (Lipinski definition) is 11. The lowest BCUT2D eigenvalue weighted by atomic mass is 10.5. The normalized spacial score (nSPS) is 8.18. The number of aliphatic carboxylic acids is 3. The van der Waals surface area contributed by atoms with Crippen molar-refractivity contribution in [3.05, 3.63) is 0 Å². The van der Waals surface area contributed by atoms with Gasteiger partial charge in [0.05, 0.1) is 6.61 Å². The van der Waals surface area contributed by atoms with Gasteiger partial charge in [0.25, 0.3) is 17.9 Å². The minimum Gasteiger partial charge on any atom is -0.481 e. The number of hydrogen-bond donors (Lipinski definition) is 7. The average Bonchev–Trinajstić information content (AvgIpc) is 2.51. The molecule has 0 rings (SSSR count). The van der Waals surface area contributed by atoms with Crippen molar-refractivity contribution in [1.29, 1.82) is 0 Å². The highest BCUT2D eigenvalue weighted by Crippen LogP contribution is 1.80. The summed E-state index contributed by atoms with van der Waals surface area (Å²) in [6.45, 7) is 6.85. The topological polar surface area (TPSA) is 249 Å². The summed E-state index contributed by atoms with van der Waals surface area (Å²) in [5, 5.41) is 31.8. The third-order valence-electron chi connectivity index (χ3n) is 1.30. The minimum absolute atomic E-state index is 0.0976. The quantitative estimate of drug-likeness (QED) is 0.171. The molecule has 0 radical (unpaired) electrons. The highest BCUT2D eigenvalue weighted by molar-refractivity contribution is 5.65. The molecule has 0 saturated heterocycles. The summed E-state index contributed by atoms with van der Waals surface area (Å²) in [7, 11) is 0. The van der Waals surface area contributed by atoms with Crippen LogP contribution in [0.4, 0.5) is 0 Å². The summed E-state index contributed by atoms with van der Waals surface area (Å²) < 4.78 is 4.30. The van der Waals surface area contributed by atoms with Gasteiger partial charge >= 0.3 is 5.97 Å². The third kappa shape index (κ3) is 130. The van der Waals surface area contributed by atoms with E-state index in [1.807, 2.05) is 0 Å². The Hall–Kier alpha value is -2.36. The molecule has 28 heavy (non-hydrogen) atoms. The number of aliphatic hydroxyl groups is 1. The molecule has 0 saturated carbocycles. The summed E-state index contributed by atoms with van der Waals surface area (Å²) in [6.07, 6.45) is 0. The van der Waals surface area contributed by atoms with E-state index in [0.717, 1.165) is 20.8 Å². The SMILES string of the molecule is CC(=O)O.CC(=O)O.CC(=O)O.CC(=O)OCCO.NCCN(CCN)ON. The van der Waals surface area contributed by atoms with Crippen LogP contribution in [0.2, 0.25) is 0 Å². The van der Waals surface area contributed by atoms with Crippen LogP contribution < -0.4 is 17.4 Å². The fourth-order valence-corrected chi connectivity index (χ4v) is 0.695. The summed E-state index contributed by atoms with van der Waals surface area (Å²) in [4.78, 5) is 41.3. The van der Waals surface area contributed by atoms with E-state index in [9.17, 15) is 4.79 Å². The van der Waals surface area contributed by atoms with Gasteiger partial charge in [-0.25, -0.2) is 4.94 Å². The van der Waals surface area contributed by atoms with Crippen molar-refractivity contribution in [2.45, 2.75) is 27.7 Å². The number of carboxylic acids is 3. The molecule has 0 aromatic heterocycles. The van der Waals surface area contributed by atoms with Crippen LogP contribution in [0.1, 0.15) is 27.7 Å². The molecule has 0 unspecified atom stereocenters. The number of hydroxylamine groups is 2. The van der Waals surface area contributed by atoms with E-state index in [1.54, 1.807) is 0 Å². The van der Waals surface area contributed by atoms with Gasteiger partial charge in [-0.3, -0.25) is 19.2 Å². The van der Waals surface area contributed by atoms with Crippen LogP contribution >= 0.6 is 0 Å².